The fraction of sp³-hybridized carbons (Fsp3) is 0.667. The van der Waals surface area contributed by atoms with E-state index in [1.165, 1.54) is 12.2 Å². The molecule has 0 heterocycles. The van der Waals surface area contributed by atoms with Gasteiger partial charge in [-0.05, 0) is 33.2 Å². The summed E-state index contributed by atoms with van der Waals surface area (Å²) < 4.78 is 0. The molecule has 0 rings (SSSR count). The van der Waals surface area contributed by atoms with Gasteiger partial charge >= 0.3 is 0 Å². The average Bonchev–Trinajstić information content (AvgIpc) is 2.75. The first-order chi connectivity index (χ1) is 16.4. The molecule has 0 aromatic rings. The number of halogens is 2. The predicted molar refractivity (Wildman–Crippen MR) is 165 cm³/mol. The molecule has 0 radical (unpaired) electrons. The van der Waals surface area contributed by atoms with Crippen LogP contribution in [0.4, 0.5) is 0 Å². The van der Waals surface area contributed by atoms with Crippen LogP contribution in [0.3, 0.4) is 0 Å². The lowest BCUT2D eigenvalue weighted by Crippen LogP contribution is -2.52. The molecule has 36 heavy (non-hydrogen) atoms. The van der Waals surface area contributed by atoms with Crippen molar-refractivity contribution in [1.29, 1.82) is 0 Å². The fourth-order valence-corrected chi connectivity index (χ4v) is 16.7. The number of rotatable bonds is 9. The maximum absolute atomic E-state index is 12.0. The van der Waals surface area contributed by atoms with Crippen LogP contribution in [0.2, 0.25) is 33.2 Å². The van der Waals surface area contributed by atoms with Crippen LogP contribution in [0.25, 0.3) is 0 Å². The van der Waals surface area contributed by atoms with Crippen molar-refractivity contribution in [3.05, 3.63) is 34.7 Å². The Morgan fingerprint density at radius 3 is 0.917 bits per heavy atom. The Labute approximate surface area is 234 Å². The van der Waals surface area contributed by atoms with E-state index in [1.54, 1.807) is 0 Å². The lowest BCUT2D eigenvalue weighted by Gasteiger charge is -2.40. The molecule has 6 heteroatoms. The van der Waals surface area contributed by atoms with Gasteiger partial charge in [-0.3, -0.25) is 0 Å². The second-order valence-electron chi connectivity index (χ2n) is 11.7. The second kappa shape index (κ2) is 14.3. The molecule has 2 nitrogen and oxygen atoms in total. The van der Waals surface area contributed by atoms with Gasteiger partial charge in [0.05, 0.1) is 0 Å². The van der Waals surface area contributed by atoms with Crippen molar-refractivity contribution in [2.24, 2.45) is 0 Å². The molecule has 202 valence electrons. The van der Waals surface area contributed by atoms with E-state index in [2.05, 4.69) is 117 Å². The highest BCUT2D eigenvalue weighted by Gasteiger charge is 2.48. The molecule has 0 saturated carbocycles. The minimum Gasteiger partial charge on any atom is -0.370 e. The first-order valence-corrected chi connectivity index (χ1v) is 18.4. The van der Waals surface area contributed by atoms with Crippen LogP contribution in [-0.4, -0.2) is 37.6 Å². The van der Waals surface area contributed by atoms with Crippen molar-refractivity contribution in [3.8, 4) is 22.9 Å². The molecule has 0 spiro atoms. The van der Waals surface area contributed by atoms with Crippen molar-refractivity contribution >= 4 is 39.3 Å². The summed E-state index contributed by atoms with van der Waals surface area (Å²) in [5.41, 5.74) is 12.8. The Morgan fingerprint density at radius 2 is 0.750 bits per heavy atom. The van der Waals surface area contributed by atoms with Gasteiger partial charge < -0.3 is 10.2 Å². The molecule has 0 aromatic carbocycles. The maximum atomic E-state index is 12.0. The van der Waals surface area contributed by atoms with Gasteiger partial charge in [0.1, 0.15) is 16.1 Å². The first-order valence-electron chi connectivity index (χ1n) is 13.0. The van der Waals surface area contributed by atoms with Gasteiger partial charge in [-0.1, -0.05) is 118 Å². The van der Waals surface area contributed by atoms with Gasteiger partial charge in [-0.15, -0.1) is 22.5 Å². The molecule has 0 fully saturated rings. The number of hydrogen-bond donors (Lipinski definition) is 2. The van der Waals surface area contributed by atoms with Crippen LogP contribution in [0.5, 0.6) is 0 Å². The van der Waals surface area contributed by atoms with E-state index in [0.717, 1.165) is 11.1 Å². The van der Waals surface area contributed by atoms with Gasteiger partial charge in [-0.25, -0.2) is 0 Å². The van der Waals surface area contributed by atoms with Crippen LogP contribution in [0.15, 0.2) is 34.7 Å². The highest BCUT2D eigenvalue weighted by atomic mass is 35.5. The topological polar surface area (TPSA) is 40.5 Å². The zero-order valence-corrected chi connectivity index (χ0v) is 27.9. The van der Waals surface area contributed by atoms with Crippen molar-refractivity contribution in [2.75, 3.05) is 0 Å². The van der Waals surface area contributed by atoms with Crippen LogP contribution in [0.1, 0.15) is 83.1 Å². The molecule has 0 aliphatic rings. The highest BCUT2D eigenvalue weighted by Crippen LogP contribution is 2.42. The smallest absolute Gasteiger partial charge is 0.195 e. The molecule has 0 amide bonds. The average molecular weight is 568 g/mol. The third-order valence-electron chi connectivity index (χ3n) is 7.96. The monoisotopic (exact) mass is 566 g/mol. The molecule has 0 saturated heterocycles. The van der Waals surface area contributed by atoms with Gasteiger partial charge in [0.25, 0.3) is 0 Å². The zero-order valence-electron chi connectivity index (χ0n) is 24.4. The fourth-order valence-electron chi connectivity index (χ4n) is 6.06. The minimum absolute atomic E-state index is 0.349. The Morgan fingerprint density at radius 1 is 0.528 bits per heavy atom. The second-order valence-corrected chi connectivity index (χ2v) is 23.3. The summed E-state index contributed by atoms with van der Waals surface area (Å²) in [5.74, 6) is 6.19. The molecule has 2 atom stereocenters. The molecule has 2 N–H and O–H groups in total. The number of hydrogen-bond acceptors (Lipinski definition) is 2. The summed E-state index contributed by atoms with van der Waals surface area (Å²) in [7, 11) is -4.46. The third kappa shape index (κ3) is 7.35. The molecular weight excluding hydrogens is 519 g/mol. The summed E-state index contributed by atoms with van der Waals surface area (Å²) in [6.07, 6.45) is 2.61. The summed E-state index contributed by atoms with van der Waals surface area (Å²) in [5, 5.41) is 24.0. The normalized spacial score (nSPS) is 15.4. The molecular formula is C30H48Cl2O2Si2. The molecule has 0 aliphatic heterocycles. The summed E-state index contributed by atoms with van der Waals surface area (Å²) in [6.45, 7) is 26.4. The van der Waals surface area contributed by atoms with E-state index >= 15 is 0 Å². The summed E-state index contributed by atoms with van der Waals surface area (Å²) >= 11 is 11.6. The molecule has 0 unspecified atom stereocenters. The van der Waals surface area contributed by atoms with E-state index < -0.39 is 27.3 Å². The van der Waals surface area contributed by atoms with Crippen molar-refractivity contribution in [2.45, 2.75) is 128 Å². The van der Waals surface area contributed by atoms with E-state index in [1.807, 2.05) is 0 Å². The lowest BCUT2D eigenvalue weighted by molar-refractivity contribution is -0.0159. The van der Waals surface area contributed by atoms with Crippen molar-refractivity contribution in [1.82, 2.24) is 0 Å². The van der Waals surface area contributed by atoms with Gasteiger partial charge in [0.15, 0.2) is 11.2 Å². The molecule has 0 aromatic heterocycles. The first kappa shape index (κ1) is 35.1. The van der Waals surface area contributed by atoms with E-state index in [-0.39, 0.29) is 0 Å². The van der Waals surface area contributed by atoms with E-state index in [0.29, 0.717) is 33.2 Å². The Kier molecular flexibility index (Phi) is 13.9. The van der Waals surface area contributed by atoms with E-state index in [9.17, 15) is 10.2 Å². The van der Waals surface area contributed by atoms with Gasteiger partial charge in [-0.2, -0.15) is 0 Å². The third-order valence-corrected chi connectivity index (χ3v) is 20.8. The largest absolute Gasteiger partial charge is 0.370 e. The number of aliphatic hydroxyl groups is 2. The SMILES string of the molecule is CC(C)[Si](C#C[C@](O)(C=C=CCl)[C@](O)(C#C[Si](C(C)C)(C(C)C)C(C)C)C=C=CCl)(C(C)C)C(C)C. The van der Waals surface area contributed by atoms with Crippen LogP contribution in [0, 0.1) is 22.9 Å². The predicted octanol–water partition coefficient (Wildman–Crippen LogP) is 8.71. The summed E-state index contributed by atoms with van der Waals surface area (Å²) in [6, 6.07) is 0. The highest BCUT2D eigenvalue weighted by molar-refractivity contribution is 6.91. The molecule has 0 bridgehead atoms. The quantitative estimate of drug-likeness (QED) is 0.166. The van der Waals surface area contributed by atoms with Crippen molar-refractivity contribution < 1.29 is 10.2 Å². The summed E-state index contributed by atoms with van der Waals surface area (Å²) in [4.78, 5) is 0. The lowest BCUT2D eigenvalue weighted by atomic mass is 9.83. The molecule has 0 aliphatic carbocycles. The minimum atomic E-state index is -2.23. The standard InChI is InChI=1S/C30H48Cl2O2Si2/c1-23(2)35(24(3)4,25(5)6)21-17-29(33,15-13-19-31)30(34,16-14-20-32)18-22-36(26(7)8,27(9)10)28(11)12/h15-16,19-20,23-28,33-34H,1-12H3/t13?,14?,29-,30-/m1/s1. The van der Waals surface area contributed by atoms with Gasteiger partial charge in [0.2, 0.25) is 0 Å². The Bertz CT molecular complexity index is 852. The van der Waals surface area contributed by atoms with Crippen LogP contribution >= 0.6 is 23.2 Å². The van der Waals surface area contributed by atoms with Gasteiger partial charge in [0, 0.05) is 23.2 Å². The zero-order chi connectivity index (χ0) is 28.5. The van der Waals surface area contributed by atoms with Crippen LogP contribution in [-0.2, 0) is 0 Å². The van der Waals surface area contributed by atoms with Crippen LogP contribution < -0.4 is 0 Å². The Balaban J connectivity index is 7.66. The maximum Gasteiger partial charge on any atom is 0.195 e. The Hall–Kier alpha value is -0.906. The van der Waals surface area contributed by atoms with E-state index in [4.69, 9.17) is 23.2 Å². The van der Waals surface area contributed by atoms with Crippen molar-refractivity contribution in [3.63, 3.8) is 0 Å².